The highest BCUT2D eigenvalue weighted by atomic mass is 16.3. The highest BCUT2D eigenvalue weighted by Crippen LogP contribution is 2.42. The lowest BCUT2D eigenvalue weighted by molar-refractivity contribution is 0.672. The number of hydrogen-bond donors (Lipinski definition) is 1. The lowest BCUT2D eigenvalue weighted by Gasteiger charge is -2.33. The first-order chi connectivity index (χ1) is 29.7. The second-order valence-electron chi connectivity index (χ2n) is 15.3. The van der Waals surface area contributed by atoms with Crippen LogP contribution in [0.3, 0.4) is 0 Å². The quantitative estimate of drug-likeness (QED) is 0.167. The van der Waals surface area contributed by atoms with E-state index >= 15 is 0 Å². The van der Waals surface area contributed by atoms with E-state index in [9.17, 15) is 0 Å². The maximum absolute atomic E-state index is 6.79. The molecule has 5 nitrogen and oxygen atoms in total. The number of nitrogens with one attached hydrogen (secondary N) is 1. The molecule has 60 heavy (non-hydrogen) atoms. The second-order valence-corrected chi connectivity index (χ2v) is 15.3. The number of furan rings is 1. The van der Waals surface area contributed by atoms with Gasteiger partial charge in [-0.3, -0.25) is 0 Å². The van der Waals surface area contributed by atoms with Crippen molar-refractivity contribution in [3.8, 4) is 11.1 Å². The molecule has 0 radical (unpaired) electrons. The molecule has 2 atom stereocenters. The van der Waals surface area contributed by atoms with Gasteiger partial charge in [-0.2, -0.15) is 0 Å². The number of fused-ring (bicyclic) bond motifs is 5. The van der Waals surface area contributed by atoms with E-state index in [2.05, 4.69) is 186 Å². The summed E-state index contributed by atoms with van der Waals surface area (Å²) in [5, 5.41) is 7.99. The third-order valence-corrected chi connectivity index (χ3v) is 11.6. The molecule has 286 valence electrons. The van der Waals surface area contributed by atoms with E-state index in [0.29, 0.717) is 0 Å². The van der Waals surface area contributed by atoms with E-state index < -0.39 is 0 Å². The fraction of sp³-hybridized carbons (Fsp3) is 0.0545. The Morgan fingerprint density at radius 3 is 1.85 bits per heavy atom. The first-order valence-electron chi connectivity index (χ1n) is 20.5. The van der Waals surface area contributed by atoms with Crippen LogP contribution in [0.25, 0.3) is 49.4 Å². The molecule has 2 heterocycles. The zero-order valence-corrected chi connectivity index (χ0v) is 32.8. The number of amidine groups is 2. The number of para-hydroxylation sites is 1. The predicted octanol–water partition coefficient (Wildman–Crippen LogP) is 13.5. The summed E-state index contributed by atoms with van der Waals surface area (Å²) in [4.78, 5) is 12.7. The lowest BCUT2D eigenvalue weighted by Crippen LogP contribution is -2.36. The summed E-state index contributed by atoms with van der Waals surface area (Å²) in [6, 6.07) is 68.1. The Labute approximate surface area is 349 Å². The van der Waals surface area contributed by atoms with Gasteiger partial charge in [0.25, 0.3) is 0 Å². The molecule has 0 fully saturated rings. The normalized spacial score (nSPS) is 16.3. The Hall–Kier alpha value is -7.76. The van der Waals surface area contributed by atoms with E-state index in [-0.39, 0.29) is 12.2 Å². The average molecular weight is 773 g/mol. The van der Waals surface area contributed by atoms with E-state index in [4.69, 9.17) is 14.4 Å². The van der Waals surface area contributed by atoms with Crippen LogP contribution in [-0.4, -0.2) is 17.7 Å². The summed E-state index contributed by atoms with van der Waals surface area (Å²) in [6.45, 7) is 0. The molecule has 0 amide bonds. The molecule has 0 spiro atoms. The van der Waals surface area contributed by atoms with Crippen molar-refractivity contribution < 1.29 is 4.42 Å². The topological polar surface area (TPSA) is 53.1 Å². The maximum atomic E-state index is 6.79. The summed E-state index contributed by atoms with van der Waals surface area (Å²) >= 11 is 0. The summed E-state index contributed by atoms with van der Waals surface area (Å²) in [5.74, 6) is 1.57. The van der Waals surface area contributed by atoms with Gasteiger partial charge in [-0.25, -0.2) is 9.98 Å². The number of anilines is 2. The largest absolute Gasteiger partial charge is 0.455 e. The van der Waals surface area contributed by atoms with Crippen molar-refractivity contribution in [2.24, 2.45) is 9.98 Å². The number of allylic oxidation sites excluding steroid dienone is 2. The molecule has 2 unspecified atom stereocenters. The molecule has 5 heteroatoms. The minimum Gasteiger partial charge on any atom is -0.455 e. The Morgan fingerprint density at radius 1 is 0.533 bits per heavy atom. The number of hydrogen-bond acceptors (Lipinski definition) is 5. The van der Waals surface area contributed by atoms with Crippen LogP contribution in [0, 0.1) is 0 Å². The number of aliphatic imine (C=N–C) groups is 2. The van der Waals surface area contributed by atoms with E-state index in [0.717, 1.165) is 84.4 Å². The van der Waals surface area contributed by atoms with Crippen molar-refractivity contribution in [2.75, 3.05) is 4.90 Å². The van der Waals surface area contributed by atoms with Gasteiger partial charge in [-0.15, -0.1) is 0 Å². The molecular formula is C55H40N4O. The lowest BCUT2D eigenvalue weighted by atomic mass is 9.90. The standard InChI is InChI=1S/C55H40N4O/c1-5-15-37(16-6-1)38-25-30-45(31-26-38)59(44-22-11-4-12-23-44)46-32-27-39(28-33-46)48-35-42-21-13-14-24-47(42)52-51(48)49-36-43(29-34-50(49)60-52)55-57-53(40-17-7-2-8-18-40)56-54(58-55)41-19-9-3-10-20-41/h1-32,34-36,46,53H,33H2,(H,56,57,58). The third kappa shape index (κ3) is 6.56. The van der Waals surface area contributed by atoms with Crippen LogP contribution in [0.1, 0.15) is 34.8 Å². The van der Waals surface area contributed by atoms with Gasteiger partial charge in [0.05, 0.1) is 6.04 Å². The van der Waals surface area contributed by atoms with E-state index in [1.165, 1.54) is 16.7 Å². The molecule has 1 aromatic heterocycles. The van der Waals surface area contributed by atoms with Gasteiger partial charge < -0.3 is 14.6 Å². The van der Waals surface area contributed by atoms with Gasteiger partial charge in [-0.1, -0.05) is 164 Å². The van der Waals surface area contributed by atoms with Crippen molar-refractivity contribution in [1.82, 2.24) is 5.32 Å². The minimum absolute atomic E-state index is 0.121. The van der Waals surface area contributed by atoms with E-state index in [1.54, 1.807) is 0 Å². The fourth-order valence-electron chi connectivity index (χ4n) is 8.67. The second kappa shape index (κ2) is 15.2. The van der Waals surface area contributed by atoms with Gasteiger partial charge >= 0.3 is 0 Å². The van der Waals surface area contributed by atoms with Gasteiger partial charge in [0.15, 0.2) is 6.17 Å². The average Bonchev–Trinajstić information content (AvgIpc) is 3.72. The first kappa shape index (κ1) is 35.4. The Balaban J connectivity index is 0.989. The van der Waals surface area contributed by atoms with E-state index in [1.807, 2.05) is 36.4 Å². The van der Waals surface area contributed by atoms with Crippen LogP contribution >= 0.6 is 0 Å². The zero-order valence-electron chi connectivity index (χ0n) is 32.8. The number of rotatable bonds is 8. The van der Waals surface area contributed by atoms with Gasteiger partial charge in [0.2, 0.25) is 0 Å². The number of benzene rings is 8. The van der Waals surface area contributed by atoms with Crippen molar-refractivity contribution >= 4 is 61.3 Å². The molecule has 1 N–H and O–H groups in total. The van der Waals surface area contributed by atoms with Crippen molar-refractivity contribution in [2.45, 2.75) is 18.6 Å². The van der Waals surface area contributed by atoms with Gasteiger partial charge in [0, 0.05) is 38.7 Å². The molecule has 1 aliphatic heterocycles. The summed E-state index contributed by atoms with van der Waals surface area (Å²) in [5.41, 5.74) is 11.8. The Bertz CT molecular complexity index is 3130. The van der Waals surface area contributed by atoms with Crippen LogP contribution in [0.5, 0.6) is 0 Å². The molecule has 8 aromatic carbocycles. The first-order valence-corrected chi connectivity index (χ1v) is 20.5. The Kier molecular flexibility index (Phi) is 8.97. The minimum atomic E-state index is -0.378. The zero-order chi connectivity index (χ0) is 39.8. The fourth-order valence-corrected chi connectivity index (χ4v) is 8.67. The van der Waals surface area contributed by atoms with Gasteiger partial charge in [0.1, 0.15) is 22.8 Å². The predicted molar refractivity (Wildman–Crippen MR) is 249 cm³/mol. The van der Waals surface area contributed by atoms with Crippen molar-refractivity contribution in [1.29, 1.82) is 0 Å². The molecule has 0 saturated carbocycles. The number of nitrogens with zero attached hydrogens (tertiary/aromatic N) is 3. The molecule has 1 aliphatic carbocycles. The van der Waals surface area contributed by atoms with Crippen LogP contribution in [0.4, 0.5) is 11.4 Å². The van der Waals surface area contributed by atoms with Gasteiger partial charge in [-0.05, 0) is 88.2 Å². The third-order valence-electron chi connectivity index (χ3n) is 11.6. The molecule has 11 rings (SSSR count). The van der Waals surface area contributed by atoms with Crippen LogP contribution < -0.4 is 10.2 Å². The van der Waals surface area contributed by atoms with Crippen LogP contribution in [0.15, 0.2) is 227 Å². The molecule has 0 saturated heterocycles. The summed E-state index contributed by atoms with van der Waals surface area (Å²) in [7, 11) is 0. The maximum Gasteiger partial charge on any atom is 0.169 e. The monoisotopic (exact) mass is 772 g/mol. The summed E-state index contributed by atoms with van der Waals surface area (Å²) in [6.07, 6.45) is 7.51. The highest BCUT2D eigenvalue weighted by molar-refractivity contribution is 6.22. The SMILES string of the molecule is C1=CC(N(c2ccccc2)c2ccc(-c3ccccc3)cc2)CC=C1c1cc2ccccc2c2oc3ccc(C4=NC(c5ccccc5)N=C(c5ccccc5)N4)cc3c12. The van der Waals surface area contributed by atoms with Crippen molar-refractivity contribution in [3.05, 3.63) is 235 Å². The van der Waals surface area contributed by atoms with Crippen LogP contribution in [-0.2, 0) is 0 Å². The summed E-state index contributed by atoms with van der Waals surface area (Å²) < 4.78 is 6.79. The highest BCUT2D eigenvalue weighted by Gasteiger charge is 2.25. The molecular weight excluding hydrogens is 733 g/mol. The molecule has 9 aromatic rings. The smallest absolute Gasteiger partial charge is 0.169 e. The van der Waals surface area contributed by atoms with Crippen molar-refractivity contribution in [3.63, 3.8) is 0 Å². The molecule has 0 bridgehead atoms. The molecule has 2 aliphatic rings. The Morgan fingerprint density at radius 2 is 1.13 bits per heavy atom. The van der Waals surface area contributed by atoms with Crippen LogP contribution in [0.2, 0.25) is 0 Å².